The molecule has 1 saturated heterocycles. The molecule has 2 amide bonds. The Morgan fingerprint density at radius 2 is 2.04 bits per heavy atom. The van der Waals surface area contributed by atoms with Crippen molar-refractivity contribution in [2.45, 2.75) is 26.7 Å². The van der Waals surface area contributed by atoms with Crippen molar-refractivity contribution < 1.29 is 9.59 Å². The average Bonchev–Trinajstić information content (AvgIpc) is 2.61. The van der Waals surface area contributed by atoms with Gasteiger partial charge in [0, 0.05) is 25.2 Å². The number of hydrogen-bond acceptors (Lipinski definition) is 3. The van der Waals surface area contributed by atoms with Gasteiger partial charge in [-0.1, -0.05) is 35.4 Å². The average molecular weight is 386 g/mol. The number of nitrogens with zero attached hydrogens (tertiary/aromatic N) is 1. The van der Waals surface area contributed by atoms with Crippen molar-refractivity contribution in [3.63, 3.8) is 0 Å². The van der Waals surface area contributed by atoms with Crippen molar-refractivity contribution in [3.05, 3.63) is 58.1 Å². The Bertz CT molecular complexity index is 867. The summed E-state index contributed by atoms with van der Waals surface area (Å²) in [6.07, 6.45) is 1.11. The lowest BCUT2D eigenvalue weighted by Gasteiger charge is -2.29. The van der Waals surface area contributed by atoms with E-state index in [9.17, 15) is 9.59 Å². The molecule has 0 aromatic heterocycles. The number of aryl methyl sites for hydroxylation is 3. The van der Waals surface area contributed by atoms with Crippen LogP contribution in [0, 0.1) is 13.8 Å². The molecule has 0 atom stereocenters. The number of amides is 2. The zero-order valence-corrected chi connectivity index (χ0v) is 16.4. The fourth-order valence-corrected chi connectivity index (χ4v) is 3.58. The first-order valence-electron chi connectivity index (χ1n) is 9.09. The highest BCUT2D eigenvalue weighted by molar-refractivity contribution is 6.33. The highest BCUT2D eigenvalue weighted by Crippen LogP contribution is 2.29. The van der Waals surface area contributed by atoms with Crippen LogP contribution in [0.25, 0.3) is 0 Å². The molecule has 6 heteroatoms. The molecule has 1 aliphatic heterocycles. The summed E-state index contributed by atoms with van der Waals surface area (Å²) in [4.78, 5) is 25.8. The van der Waals surface area contributed by atoms with E-state index in [1.807, 2.05) is 17.0 Å². The quantitative estimate of drug-likeness (QED) is 0.828. The Morgan fingerprint density at radius 1 is 1.22 bits per heavy atom. The van der Waals surface area contributed by atoms with E-state index in [2.05, 4.69) is 42.7 Å². The molecule has 3 rings (SSSR count). The molecule has 0 bridgehead atoms. The van der Waals surface area contributed by atoms with Gasteiger partial charge in [-0.05, 0) is 49.6 Å². The number of piperazine rings is 1. The van der Waals surface area contributed by atoms with Crippen LogP contribution < -0.4 is 15.5 Å². The smallest absolute Gasteiger partial charge is 0.239 e. The molecular weight excluding hydrogens is 362 g/mol. The normalized spacial score (nSPS) is 14.0. The molecule has 0 aliphatic carbocycles. The first-order valence-corrected chi connectivity index (χ1v) is 9.47. The van der Waals surface area contributed by atoms with Crippen LogP contribution in [0.4, 0.5) is 11.4 Å². The zero-order chi connectivity index (χ0) is 19.4. The zero-order valence-electron chi connectivity index (χ0n) is 15.6. The van der Waals surface area contributed by atoms with Gasteiger partial charge in [0.25, 0.3) is 0 Å². The van der Waals surface area contributed by atoms with E-state index in [1.54, 1.807) is 6.07 Å². The van der Waals surface area contributed by atoms with Gasteiger partial charge in [0.05, 0.1) is 17.3 Å². The van der Waals surface area contributed by atoms with Crippen LogP contribution in [0.2, 0.25) is 5.02 Å². The molecule has 2 aromatic rings. The third kappa shape index (κ3) is 5.01. The maximum Gasteiger partial charge on any atom is 0.239 e. The summed E-state index contributed by atoms with van der Waals surface area (Å²) in [5.41, 5.74) is 5.09. The van der Waals surface area contributed by atoms with Gasteiger partial charge in [0.15, 0.2) is 0 Å². The van der Waals surface area contributed by atoms with E-state index in [1.165, 1.54) is 16.7 Å². The first-order chi connectivity index (χ1) is 12.9. The number of halogens is 1. The van der Waals surface area contributed by atoms with Crippen LogP contribution >= 0.6 is 11.6 Å². The SMILES string of the molecule is Cc1ccc(CCC(=O)Nc2ccc(N3CCNC(=O)C3)c(Cl)c2)c(C)c1. The minimum Gasteiger partial charge on any atom is -0.359 e. The summed E-state index contributed by atoms with van der Waals surface area (Å²) in [6.45, 7) is 5.74. The Kier molecular flexibility index (Phi) is 6.01. The summed E-state index contributed by atoms with van der Waals surface area (Å²) in [5, 5.41) is 6.22. The van der Waals surface area contributed by atoms with Crippen LogP contribution in [0.1, 0.15) is 23.1 Å². The van der Waals surface area contributed by atoms with Gasteiger partial charge in [-0.3, -0.25) is 9.59 Å². The van der Waals surface area contributed by atoms with E-state index in [-0.39, 0.29) is 11.8 Å². The van der Waals surface area contributed by atoms with Crippen LogP contribution in [-0.2, 0) is 16.0 Å². The van der Waals surface area contributed by atoms with Gasteiger partial charge in [-0.2, -0.15) is 0 Å². The van der Waals surface area contributed by atoms with Gasteiger partial charge in [-0.25, -0.2) is 0 Å². The number of hydrogen-bond donors (Lipinski definition) is 2. The molecule has 142 valence electrons. The molecule has 5 nitrogen and oxygen atoms in total. The van der Waals surface area contributed by atoms with E-state index < -0.39 is 0 Å². The van der Waals surface area contributed by atoms with Crippen molar-refractivity contribution in [1.82, 2.24) is 5.32 Å². The lowest BCUT2D eigenvalue weighted by atomic mass is 10.0. The van der Waals surface area contributed by atoms with Crippen molar-refractivity contribution in [1.29, 1.82) is 0 Å². The predicted molar refractivity (Wildman–Crippen MR) is 110 cm³/mol. The molecule has 0 unspecified atom stereocenters. The highest BCUT2D eigenvalue weighted by atomic mass is 35.5. The lowest BCUT2D eigenvalue weighted by molar-refractivity contribution is -0.120. The predicted octanol–water partition coefficient (Wildman–Crippen LogP) is 3.46. The second-order valence-electron chi connectivity index (χ2n) is 6.92. The molecule has 2 aromatic carbocycles. The molecule has 0 radical (unpaired) electrons. The van der Waals surface area contributed by atoms with Gasteiger partial charge in [-0.15, -0.1) is 0 Å². The third-order valence-electron chi connectivity index (χ3n) is 4.73. The Labute approximate surface area is 164 Å². The van der Waals surface area contributed by atoms with Crippen molar-refractivity contribution in [3.8, 4) is 0 Å². The number of benzene rings is 2. The van der Waals surface area contributed by atoms with Crippen LogP contribution in [-0.4, -0.2) is 31.4 Å². The Balaban J connectivity index is 1.59. The monoisotopic (exact) mass is 385 g/mol. The summed E-state index contributed by atoms with van der Waals surface area (Å²) in [7, 11) is 0. The van der Waals surface area contributed by atoms with E-state index >= 15 is 0 Å². The number of rotatable bonds is 5. The third-order valence-corrected chi connectivity index (χ3v) is 5.03. The summed E-state index contributed by atoms with van der Waals surface area (Å²) < 4.78 is 0. The summed E-state index contributed by atoms with van der Waals surface area (Å²) >= 11 is 6.38. The maximum absolute atomic E-state index is 12.3. The van der Waals surface area contributed by atoms with E-state index in [4.69, 9.17) is 11.6 Å². The molecule has 1 aliphatic rings. The number of carbonyl (C=O) groups is 2. The summed E-state index contributed by atoms with van der Waals surface area (Å²) in [5.74, 6) is -0.0581. The van der Waals surface area contributed by atoms with E-state index in [0.717, 1.165) is 5.69 Å². The lowest BCUT2D eigenvalue weighted by Crippen LogP contribution is -2.47. The van der Waals surface area contributed by atoms with Gasteiger partial charge >= 0.3 is 0 Å². The van der Waals surface area contributed by atoms with Crippen LogP contribution in [0.5, 0.6) is 0 Å². The maximum atomic E-state index is 12.3. The fraction of sp³-hybridized carbons (Fsp3) is 0.333. The van der Waals surface area contributed by atoms with Crippen molar-refractivity contribution in [2.24, 2.45) is 0 Å². The standard InChI is InChI=1S/C21H24ClN3O2/c1-14-3-4-16(15(2)11-14)5-8-20(26)24-17-6-7-19(18(22)12-17)25-10-9-23-21(27)13-25/h3-4,6-7,11-12H,5,8-10,13H2,1-2H3,(H,23,27)(H,24,26). The molecule has 1 fully saturated rings. The highest BCUT2D eigenvalue weighted by Gasteiger charge is 2.18. The molecule has 1 heterocycles. The van der Waals surface area contributed by atoms with E-state index in [0.29, 0.717) is 43.2 Å². The van der Waals surface area contributed by atoms with Gasteiger partial charge in [0.1, 0.15) is 0 Å². The van der Waals surface area contributed by atoms with Crippen molar-refractivity contribution in [2.75, 3.05) is 29.9 Å². The van der Waals surface area contributed by atoms with Gasteiger partial charge in [0.2, 0.25) is 11.8 Å². The number of carbonyl (C=O) groups excluding carboxylic acids is 2. The summed E-state index contributed by atoms with van der Waals surface area (Å²) in [6, 6.07) is 11.7. The number of nitrogens with one attached hydrogen (secondary N) is 2. The fourth-order valence-electron chi connectivity index (χ4n) is 3.28. The molecule has 27 heavy (non-hydrogen) atoms. The molecule has 0 spiro atoms. The minimum atomic E-state index is -0.0452. The minimum absolute atomic E-state index is 0.0129. The van der Waals surface area contributed by atoms with Crippen molar-refractivity contribution >= 4 is 34.8 Å². The Hall–Kier alpha value is -2.53. The second kappa shape index (κ2) is 8.44. The largest absolute Gasteiger partial charge is 0.359 e. The molecule has 0 saturated carbocycles. The number of anilines is 2. The van der Waals surface area contributed by atoms with Crippen LogP contribution in [0.15, 0.2) is 36.4 Å². The topological polar surface area (TPSA) is 61.4 Å². The second-order valence-corrected chi connectivity index (χ2v) is 7.32. The van der Waals surface area contributed by atoms with Crippen LogP contribution in [0.3, 0.4) is 0 Å². The molecule has 2 N–H and O–H groups in total. The Morgan fingerprint density at radius 3 is 2.74 bits per heavy atom. The first kappa shape index (κ1) is 19.2. The van der Waals surface area contributed by atoms with Gasteiger partial charge < -0.3 is 15.5 Å². The molecular formula is C21H24ClN3O2.